The zero-order valence-corrected chi connectivity index (χ0v) is 16.2. The highest BCUT2D eigenvalue weighted by Crippen LogP contribution is 2.31. The maximum atomic E-state index is 6.29. The van der Waals surface area contributed by atoms with Crippen molar-refractivity contribution in [3.8, 4) is 11.5 Å². The van der Waals surface area contributed by atoms with E-state index < -0.39 is 0 Å². The maximum absolute atomic E-state index is 6.29. The summed E-state index contributed by atoms with van der Waals surface area (Å²) in [6.45, 7) is 2.14. The Morgan fingerprint density at radius 1 is 0.893 bits per heavy atom. The molecule has 4 rings (SSSR count). The van der Waals surface area contributed by atoms with Crippen molar-refractivity contribution in [2.75, 3.05) is 5.32 Å². The van der Waals surface area contributed by atoms with Gasteiger partial charge in [0, 0.05) is 5.69 Å². The van der Waals surface area contributed by atoms with Crippen LogP contribution >= 0.6 is 11.6 Å². The van der Waals surface area contributed by atoms with Gasteiger partial charge in [0.05, 0.1) is 10.6 Å². The number of nitrogens with one attached hydrogen (secondary N) is 1. The molecule has 3 aromatic carbocycles. The largest absolute Gasteiger partial charge is 0.418 e. The standard InChI is InChI=1S/C23H20ClN3O/c1-2-16-10-6-9-15-20(16)25-21(17-11-4-3-5-12-17)23-27-26-22(28-23)18-13-7-8-14-19(18)24/h3-15,21,25H,2H2,1H3. The molecule has 5 heteroatoms. The third-order valence-electron chi connectivity index (χ3n) is 4.62. The predicted molar refractivity (Wildman–Crippen MR) is 112 cm³/mol. The fraction of sp³-hybridized carbons (Fsp3) is 0.130. The quantitative estimate of drug-likeness (QED) is 0.429. The van der Waals surface area contributed by atoms with E-state index in [1.165, 1.54) is 5.56 Å². The molecule has 4 aromatic rings. The minimum Gasteiger partial charge on any atom is -0.418 e. The number of hydrogen-bond donors (Lipinski definition) is 1. The monoisotopic (exact) mass is 389 g/mol. The van der Waals surface area contributed by atoms with E-state index in [4.69, 9.17) is 16.0 Å². The van der Waals surface area contributed by atoms with Gasteiger partial charge < -0.3 is 9.73 Å². The Morgan fingerprint density at radius 2 is 1.61 bits per heavy atom. The van der Waals surface area contributed by atoms with Crippen molar-refractivity contribution in [2.24, 2.45) is 0 Å². The van der Waals surface area contributed by atoms with Crippen molar-refractivity contribution in [3.63, 3.8) is 0 Å². The first-order valence-electron chi connectivity index (χ1n) is 9.24. The minimum atomic E-state index is -0.266. The van der Waals surface area contributed by atoms with Crippen molar-refractivity contribution in [1.82, 2.24) is 10.2 Å². The van der Waals surface area contributed by atoms with Crippen molar-refractivity contribution < 1.29 is 4.42 Å². The summed E-state index contributed by atoms with van der Waals surface area (Å²) in [5, 5.41) is 12.7. The summed E-state index contributed by atoms with van der Waals surface area (Å²) < 4.78 is 6.04. The number of anilines is 1. The molecule has 4 nitrogen and oxygen atoms in total. The van der Waals surface area contributed by atoms with E-state index >= 15 is 0 Å². The summed E-state index contributed by atoms with van der Waals surface area (Å²) in [4.78, 5) is 0. The molecule has 0 aliphatic heterocycles. The molecule has 1 atom stereocenters. The molecule has 1 aromatic heterocycles. The number of aryl methyl sites for hydroxylation is 1. The molecule has 28 heavy (non-hydrogen) atoms. The molecule has 1 unspecified atom stereocenters. The van der Waals surface area contributed by atoms with Gasteiger partial charge in [-0.05, 0) is 35.7 Å². The highest BCUT2D eigenvalue weighted by Gasteiger charge is 2.22. The van der Waals surface area contributed by atoms with E-state index in [9.17, 15) is 0 Å². The number of hydrogen-bond acceptors (Lipinski definition) is 4. The van der Waals surface area contributed by atoms with E-state index in [0.29, 0.717) is 16.8 Å². The van der Waals surface area contributed by atoms with Gasteiger partial charge in [-0.25, -0.2) is 0 Å². The Kier molecular flexibility index (Phi) is 5.40. The molecular weight excluding hydrogens is 370 g/mol. The smallest absolute Gasteiger partial charge is 0.249 e. The summed E-state index contributed by atoms with van der Waals surface area (Å²) in [6.07, 6.45) is 0.930. The molecule has 140 valence electrons. The molecule has 0 spiro atoms. The Hall–Kier alpha value is -3.11. The Labute approximate surface area is 169 Å². The summed E-state index contributed by atoms with van der Waals surface area (Å²) in [5.74, 6) is 0.902. The van der Waals surface area contributed by atoms with E-state index in [-0.39, 0.29) is 6.04 Å². The van der Waals surface area contributed by atoms with Crippen LogP contribution in [0.5, 0.6) is 0 Å². The molecule has 0 saturated carbocycles. The lowest BCUT2D eigenvalue weighted by Crippen LogP contribution is -2.14. The van der Waals surface area contributed by atoms with Crippen molar-refractivity contribution in [3.05, 3.63) is 101 Å². The normalized spacial score (nSPS) is 11.9. The summed E-state index contributed by atoms with van der Waals surface area (Å²) >= 11 is 6.29. The molecule has 0 fully saturated rings. The van der Waals surface area contributed by atoms with Crippen LogP contribution in [0.15, 0.2) is 83.3 Å². The number of benzene rings is 3. The molecule has 0 saturated heterocycles. The van der Waals surface area contributed by atoms with Crippen LogP contribution in [-0.2, 0) is 6.42 Å². The number of aromatic nitrogens is 2. The van der Waals surface area contributed by atoms with Crippen LogP contribution in [0, 0.1) is 0 Å². The summed E-state index contributed by atoms with van der Waals surface area (Å²) in [7, 11) is 0. The van der Waals surface area contributed by atoms with Gasteiger partial charge in [0.2, 0.25) is 11.8 Å². The first-order valence-corrected chi connectivity index (χ1v) is 9.61. The molecule has 0 amide bonds. The van der Waals surface area contributed by atoms with Gasteiger partial charge in [-0.15, -0.1) is 10.2 Å². The maximum Gasteiger partial charge on any atom is 0.249 e. The lowest BCUT2D eigenvalue weighted by atomic mass is 10.0. The van der Waals surface area contributed by atoms with Crippen LogP contribution < -0.4 is 5.32 Å². The van der Waals surface area contributed by atoms with E-state index in [0.717, 1.165) is 23.2 Å². The summed E-state index contributed by atoms with van der Waals surface area (Å²) in [5.41, 5.74) is 4.05. The van der Waals surface area contributed by atoms with Gasteiger partial charge in [0.1, 0.15) is 6.04 Å². The van der Waals surface area contributed by atoms with Crippen LogP contribution in [-0.4, -0.2) is 10.2 Å². The van der Waals surface area contributed by atoms with Crippen LogP contribution in [0.2, 0.25) is 5.02 Å². The molecule has 1 N–H and O–H groups in total. The minimum absolute atomic E-state index is 0.266. The van der Waals surface area contributed by atoms with Crippen molar-refractivity contribution in [2.45, 2.75) is 19.4 Å². The second-order valence-corrected chi connectivity index (χ2v) is 6.83. The van der Waals surface area contributed by atoms with Crippen LogP contribution in [0.4, 0.5) is 5.69 Å². The first-order chi connectivity index (χ1) is 13.8. The lowest BCUT2D eigenvalue weighted by Gasteiger charge is -2.19. The molecule has 0 radical (unpaired) electrons. The number of halogens is 1. The van der Waals surface area contributed by atoms with Crippen LogP contribution in [0.1, 0.15) is 30.0 Å². The van der Waals surface area contributed by atoms with Crippen LogP contribution in [0.25, 0.3) is 11.5 Å². The third-order valence-corrected chi connectivity index (χ3v) is 4.95. The fourth-order valence-electron chi connectivity index (χ4n) is 3.15. The number of rotatable bonds is 6. The van der Waals surface area contributed by atoms with Gasteiger partial charge in [0.15, 0.2) is 0 Å². The molecule has 0 aliphatic carbocycles. The average molecular weight is 390 g/mol. The highest BCUT2D eigenvalue weighted by molar-refractivity contribution is 6.33. The fourth-order valence-corrected chi connectivity index (χ4v) is 3.37. The van der Waals surface area contributed by atoms with Gasteiger partial charge in [0.25, 0.3) is 0 Å². The zero-order chi connectivity index (χ0) is 19.3. The van der Waals surface area contributed by atoms with Gasteiger partial charge >= 0.3 is 0 Å². The Balaban J connectivity index is 1.74. The molecule has 1 heterocycles. The topological polar surface area (TPSA) is 51.0 Å². The van der Waals surface area contributed by atoms with Gasteiger partial charge in [-0.2, -0.15) is 0 Å². The van der Waals surface area contributed by atoms with Gasteiger partial charge in [-0.3, -0.25) is 0 Å². The van der Waals surface area contributed by atoms with Crippen LogP contribution in [0.3, 0.4) is 0 Å². The molecule has 0 bridgehead atoms. The molecular formula is C23H20ClN3O. The van der Waals surface area contributed by atoms with E-state index in [1.807, 2.05) is 66.7 Å². The number of para-hydroxylation sites is 1. The average Bonchev–Trinajstić information content (AvgIpc) is 3.23. The Morgan fingerprint density at radius 3 is 2.39 bits per heavy atom. The third kappa shape index (κ3) is 3.78. The number of nitrogens with zero attached hydrogens (tertiary/aromatic N) is 2. The second-order valence-electron chi connectivity index (χ2n) is 6.42. The van der Waals surface area contributed by atoms with Crippen molar-refractivity contribution in [1.29, 1.82) is 0 Å². The highest BCUT2D eigenvalue weighted by atomic mass is 35.5. The first kappa shape index (κ1) is 18.3. The van der Waals surface area contributed by atoms with E-state index in [2.05, 4.69) is 34.6 Å². The van der Waals surface area contributed by atoms with E-state index in [1.54, 1.807) is 0 Å². The van der Waals surface area contributed by atoms with Gasteiger partial charge in [-0.1, -0.05) is 79.2 Å². The SMILES string of the molecule is CCc1ccccc1NC(c1ccccc1)c1nnc(-c2ccccc2Cl)o1. The second kappa shape index (κ2) is 8.28. The Bertz CT molecular complexity index is 1060. The lowest BCUT2D eigenvalue weighted by molar-refractivity contribution is 0.494. The summed E-state index contributed by atoms with van der Waals surface area (Å²) in [6, 6.07) is 25.5. The zero-order valence-electron chi connectivity index (χ0n) is 15.5. The molecule has 0 aliphatic rings. The predicted octanol–water partition coefficient (Wildman–Crippen LogP) is 6.15. The van der Waals surface area contributed by atoms with Crippen molar-refractivity contribution >= 4 is 17.3 Å².